The molecule has 0 aliphatic heterocycles. The maximum absolute atomic E-state index is 12.7. The summed E-state index contributed by atoms with van der Waals surface area (Å²) in [4.78, 5) is 0. The Balaban J connectivity index is 2.53. The fourth-order valence-electron chi connectivity index (χ4n) is 1.99. The quantitative estimate of drug-likeness (QED) is 0.863. The third-order valence-electron chi connectivity index (χ3n) is 3.04. The maximum atomic E-state index is 12.7. The Hall–Kier alpha value is -1.53. The molecular formula is C13H16ClN3O2S. The summed E-state index contributed by atoms with van der Waals surface area (Å²) in [6.45, 7) is 3.85. The number of aromatic nitrogens is 2. The predicted molar refractivity (Wildman–Crippen MR) is 79.5 cm³/mol. The molecule has 0 fully saturated rings. The number of anilines is 1. The van der Waals surface area contributed by atoms with Gasteiger partial charge < -0.3 is 0 Å². The summed E-state index contributed by atoms with van der Waals surface area (Å²) in [7, 11) is -3.72. The SMILES string of the molecule is CCN(c1ccccc1)S(=O)(=O)c1n[nH]c(C)c1CCl. The Morgan fingerprint density at radius 1 is 1.30 bits per heavy atom. The van der Waals surface area contributed by atoms with Crippen molar-refractivity contribution in [3.63, 3.8) is 0 Å². The van der Waals surface area contributed by atoms with Crippen LogP contribution < -0.4 is 4.31 Å². The zero-order valence-corrected chi connectivity index (χ0v) is 12.9. The van der Waals surface area contributed by atoms with Gasteiger partial charge in [0, 0.05) is 17.8 Å². The lowest BCUT2D eigenvalue weighted by Crippen LogP contribution is -2.31. The zero-order valence-electron chi connectivity index (χ0n) is 11.3. The Kier molecular flexibility index (Phi) is 4.35. The Labute approximate surface area is 123 Å². The van der Waals surface area contributed by atoms with Crippen molar-refractivity contribution in [3.8, 4) is 0 Å². The number of nitrogens with one attached hydrogen (secondary N) is 1. The second-order valence-corrected chi connectivity index (χ2v) is 6.32. The van der Waals surface area contributed by atoms with Gasteiger partial charge in [-0.05, 0) is 26.0 Å². The smallest absolute Gasteiger partial charge is 0.281 e. The van der Waals surface area contributed by atoms with Gasteiger partial charge in [-0.2, -0.15) is 13.5 Å². The molecule has 0 amide bonds. The minimum atomic E-state index is -3.72. The molecule has 0 radical (unpaired) electrons. The normalized spacial score (nSPS) is 11.6. The summed E-state index contributed by atoms with van der Waals surface area (Å²) in [6, 6.07) is 8.94. The second-order valence-electron chi connectivity index (χ2n) is 4.27. The van der Waals surface area contributed by atoms with E-state index in [1.807, 2.05) is 6.07 Å². The monoisotopic (exact) mass is 313 g/mol. The van der Waals surface area contributed by atoms with Gasteiger partial charge in [-0.3, -0.25) is 9.40 Å². The highest BCUT2D eigenvalue weighted by Gasteiger charge is 2.29. The average molecular weight is 314 g/mol. The lowest BCUT2D eigenvalue weighted by Gasteiger charge is -2.22. The molecule has 0 spiro atoms. The first kappa shape index (κ1) is 14.9. The molecule has 2 aromatic rings. The molecule has 1 aromatic heterocycles. The fraction of sp³-hybridized carbons (Fsp3) is 0.308. The van der Waals surface area contributed by atoms with E-state index in [9.17, 15) is 8.42 Å². The van der Waals surface area contributed by atoms with E-state index in [-0.39, 0.29) is 10.9 Å². The number of sulfonamides is 1. The van der Waals surface area contributed by atoms with Crippen LogP contribution in [0.2, 0.25) is 0 Å². The molecule has 1 N–H and O–H groups in total. The highest BCUT2D eigenvalue weighted by atomic mass is 35.5. The van der Waals surface area contributed by atoms with Crippen LogP contribution in [0.3, 0.4) is 0 Å². The van der Waals surface area contributed by atoms with E-state index in [4.69, 9.17) is 11.6 Å². The molecule has 1 aromatic carbocycles. The number of aryl methyl sites for hydroxylation is 1. The number of hydrogen-bond acceptors (Lipinski definition) is 3. The van der Waals surface area contributed by atoms with Crippen molar-refractivity contribution in [2.45, 2.75) is 24.8 Å². The summed E-state index contributed by atoms with van der Waals surface area (Å²) in [5.74, 6) is 0.100. The molecular weight excluding hydrogens is 298 g/mol. The molecule has 7 heteroatoms. The topological polar surface area (TPSA) is 66.1 Å². The second kappa shape index (κ2) is 5.85. The highest BCUT2D eigenvalue weighted by Crippen LogP contribution is 2.26. The van der Waals surface area contributed by atoms with Crippen molar-refractivity contribution in [1.82, 2.24) is 10.2 Å². The number of nitrogens with zero attached hydrogens (tertiary/aromatic N) is 2. The molecule has 0 saturated carbocycles. The lowest BCUT2D eigenvalue weighted by molar-refractivity contribution is 0.587. The fourth-order valence-corrected chi connectivity index (χ4v) is 4.04. The van der Waals surface area contributed by atoms with Crippen LogP contribution in [0.25, 0.3) is 0 Å². The van der Waals surface area contributed by atoms with Crippen molar-refractivity contribution in [3.05, 3.63) is 41.6 Å². The third-order valence-corrected chi connectivity index (χ3v) is 5.18. The van der Waals surface area contributed by atoms with E-state index in [0.29, 0.717) is 23.5 Å². The van der Waals surface area contributed by atoms with Gasteiger partial charge in [0.1, 0.15) is 0 Å². The van der Waals surface area contributed by atoms with Gasteiger partial charge in [-0.1, -0.05) is 18.2 Å². The van der Waals surface area contributed by atoms with Gasteiger partial charge in [0.2, 0.25) is 5.03 Å². The van der Waals surface area contributed by atoms with E-state index in [2.05, 4.69) is 10.2 Å². The molecule has 0 unspecified atom stereocenters. The summed E-state index contributed by atoms with van der Waals surface area (Å²) >= 11 is 5.84. The number of hydrogen-bond donors (Lipinski definition) is 1. The molecule has 0 atom stereocenters. The van der Waals surface area contributed by atoms with Crippen molar-refractivity contribution in [2.75, 3.05) is 10.8 Å². The Morgan fingerprint density at radius 2 is 1.95 bits per heavy atom. The largest absolute Gasteiger partial charge is 0.283 e. The van der Waals surface area contributed by atoms with Gasteiger partial charge in [0.05, 0.1) is 11.6 Å². The van der Waals surface area contributed by atoms with E-state index >= 15 is 0 Å². The summed E-state index contributed by atoms with van der Waals surface area (Å²) in [6.07, 6.45) is 0. The number of halogens is 1. The first-order valence-corrected chi connectivity index (χ1v) is 8.17. The van der Waals surface area contributed by atoms with Crippen LogP contribution >= 0.6 is 11.6 Å². The molecule has 5 nitrogen and oxygen atoms in total. The van der Waals surface area contributed by atoms with E-state index in [1.54, 1.807) is 38.1 Å². The molecule has 2 rings (SSSR count). The van der Waals surface area contributed by atoms with Crippen molar-refractivity contribution < 1.29 is 8.42 Å². The summed E-state index contributed by atoms with van der Waals surface area (Å²) < 4.78 is 26.8. The van der Waals surface area contributed by atoms with Crippen molar-refractivity contribution >= 4 is 27.3 Å². The summed E-state index contributed by atoms with van der Waals surface area (Å²) in [5, 5.41) is 6.59. The van der Waals surface area contributed by atoms with Crippen LogP contribution in [-0.2, 0) is 15.9 Å². The minimum absolute atomic E-state index is 0.00398. The number of H-pyrrole nitrogens is 1. The highest BCUT2D eigenvalue weighted by molar-refractivity contribution is 7.92. The van der Waals surface area contributed by atoms with E-state index in [0.717, 1.165) is 0 Å². The Bertz CT molecular complexity index is 683. The first-order valence-electron chi connectivity index (χ1n) is 6.20. The van der Waals surface area contributed by atoms with Crippen LogP contribution in [0.5, 0.6) is 0 Å². The zero-order chi connectivity index (χ0) is 14.8. The Morgan fingerprint density at radius 3 is 2.50 bits per heavy atom. The molecule has 108 valence electrons. The first-order chi connectivity index (χ1) is 9.52. The molecule has 0 aliphatic rings. The lowest BCUT2D eigenvalue weighted by atomic mass is 10.3. The molecule has 1 heterocycles. The average Bonchev–Trinajstić information content (AvgIpc) is 2.82. The van der Waals surface area contributed by atoms with E-state index in [1.165, 1.54) is 4.31 Å². The number of alkyl halides is 1. The van der Waals surface area contributed by atoms with Gasteiger partial charge in [0.15, 0.2) is 0 Å². The van der Waals surface area contributed by atoms with Crippen LogP contribution in [0.1, 0.15) is 18.2 Å². The molecule has 0 saturated heterocycles. The standard InChI is InChI=1S/C13H16ClN3O2S/c1-3-17(11-7-5-4-6-8-11)20(18,19)13-12(9-14)10(2)15-16-13/h4-8H,3,9H2,1-2H3,(H,15,16). The van der Waals surface area contributed by atoms with E-state index < -0.39 is 10.0 Å². The molecule has 20 heavy (non-hydrogen) atoms. The van der Waals surface area contributed by atoms with Gasteiger partial charge >= 0.3 is 0 Å². The number of rotatable bonds is 5. The minimum Gasteiger partial charge on any atom is -0.281 e. The third kappa shape index (κ3) is 2.53. The van der Waals surface area contributed by atoms with Gasteiger partial charge in [-0.25, -0.2) is 0 Å². The molecule has 0 aliphatic carbocycles. The van der Waals surface area contributed by atoms with Crippen LogP contribution in [0.15, 0.2) is 35.4 Å². The van der Waals surface area contributed by atoms with Gasteiger partial charge in [-0.15, -0.1) is 11.6 Å². The van der Waals surface area contributed by atoms with Crippen LogP contribution in [0, 0.1) is 6.92 Å². The van der Waals surface area contributed by atoms with Gasteiger partial charge in [0.25, 0.3) is 10.0 Å². The van der Waals surface area contributed by atoms with Crippen molar-refractivity contribution in [2.24, 2.45) is 0 Å². The number of aromatic amines is 1. The maximum Gasteiger partial charge on any atom is 0.283 e. The number of benzene rings is 1. The molecule has 0 bridgehead atoms. The van der Waals surface area contributed by atoms with Crippen LogP contribution in [0.4, 0.5) is 5.69 Å². The predicted octanol–water partition coefficient (Wildman–Crippen LogP) is 2.67. The summed E-state index contributed by atoms with van der Waals surface area (Å²) in [5.41, 5.74) is 1.79. The number of para-hydroxylation sites is 1. The van der Waals surface area contributed by atoms with Crippen LogP contribution in [-0.4, -0.2) is 25.2 Å². The van der Waals surface area contributed by atoms with Crippen molar-refractivity contribution in [1.29, 1.82) is 0 Å².